The number of hydrogen-bond acceptors (Lipinski definition) is 7. The lowest BCUT2D eigenvalue weighted by atomic mass is 10.3. The molecule has 144 valence electrons. The number of rotatable bonds is 9. The molecule has 8 nitrogen and oxygen atoms in total. The summed E-state index contributed by atoms with van der Waals surface area (Å²) in [6, 6.07) is 16.0. The highest BCUT2D eigenvalue weighted by Crippen LogP contribution is 2.12. The van der Waals surface area contributed by atoms with Gasteiger partial charge in [-0.3, -0.25) is 10.1 Å². The van der Waals surface area contributed by atoms with Gasteiger partial charge in [0.1, 0.15) is 11.5 Å². The molecular formula is C19H18N4O4S. The molecule has 0 aliphatic heterocycles. The molecule has 3 N–H and O–H groups in total. The smallest absolute Gasteiger partial charge is 0.343 e. The summed E-state index contributed by atoms with van der Waals surface area (Å²) in [6.07, 6.45) is 3.07. The molecule has 28 heavy (non-hydrogen) atoms. The van der Waals surface area contributed by atoms with Gasteiger partial charge in [-0.2, -0.15) is 0 Å². The normalized spacial score (nSPS) is 10.1. The fraction of sp³-hybridized carbons (Fsp3) is 0.105. The predicted molar refractivity (Wildman–Crippen MR) is 108 cm³/mol. The van der Waals surface area contributed by atoms with Crippen LogP contribution in [0, 0.1) is 10.1 Å². The number of furan rings is 2. The third kappa shape index (κ3) is 5.21. The van der Waals surface area contributed by atoms with Crippen molar-refractivity contribution in [3.63, 3.8) is 0 Å². The van der Waals surface area contributed by atoms with Crippen LogP contribution in [-0.4, -0.2) is 9.91 Å². The summed E-state index contributed by atoms with van der Waals surface area (Å²) in [4.78, 5) is 11.2. The van der Waals surface area contributed by atoms with Crippen LogP contribution >= 0.6 is 12.2 Å². The maximum Gasteiger partial charge on any atom is 0.343 e. The van der Waals surface area contributed by atoms with Crippen molar-refractivity contribution in [1.29, 1.82) is 0 Å². The molecule has 0 saturated carbocycles. The minimum atomic E-state index is -0.530. The Kier molecular flexibility index (Phi) is 6.42. The van der Waals surface area contributed by atoms with Gasteiger partial charge in [0.05, 0.1) is 30.5 Å². The van der Waals surface area contributed by atoms with Crippen LogP contribution in [0.2, 0.25) is 0 Å². The Morgan fingerprint density at radius 1 is 0.929 bits per heavy atom. The number of benzene rings is 1. The van der Waals surface area contributed by atoms with E-state index in [1.807, 2.05) is 18.2 Å². The molecule has 2 heterocycles. The van der Waals surface area contributed by atoms with Crippen molar-refractivity contribution in [1.82, 2.24) is 10.6 Å². The number of para-hydroxylation sites is 1. The van der Waals surface area contributed by atoms with Crippen molar-refractivity contribution in [2.45, 2.75) is 13.1 Å². The van der Waals surface area contributed by atoms with Crippen LogP contribution < -0.4 is 16.0 Å². The maximum absolute atomic E-state index is 11.8. The summed E-state index contributed by atoms with van der Waals surface area (Å²) in [7, 11) is 0. The van der Waals surface area contributed by atoms with Crippen molar-refractivity contribution in [3.05, 3.63) is 100 Å². The van der Waals surface area contributed by atoms with E-state index in [4.69, 9.17) is 21.1 Å². The Morgan fingerprint density at radius 3 is 1.96 bits per heavy atom. The van der Waals surface area contributed by atoms with Crippen LogP contribution in [-0.2, 0) is 13.1 Å². The largest absolute Gasteiger partial charge is 0.467 e. The fourth-order valence-corrected chi connectivity index (χ4v) is 2.70. The van der Waals surface area contributed by atoms with Crippen molar-refractivity contribution in [2.75, 3.05) is 5.32 Å². The number of nitrogens with zero attached hydrogens (tertiary/aromatic N) is 1. The summed E-state index contributed by atoms with van der Waals surface area (Å²) in [5.74, 6) is 1.41. The molecule has 0 radical (unpaired) electrons. The van der Waals surface area contributed by atoms with E-state index in [1.54, 1.807) is 36.4 Å². The maximum atomic E-state index is 11.8. The zero-order chi connectivity index (χ0) is 19.8. The van der Waals surface area contributed by atoms with Gasteiger partial charge in [-0.15, -0.1) is 0 Å². The van der Waals surface area contributed by atoms with E-state index < -0.39 is 4.92 Å². The number of hydrogen-bond donors (Lipinski definition) is 3. The standard InChI is InChI=1S/C19H18N4O4S/c24-23(25)17(19(28)22-14-6-2-1-3-7-14)18(20-12-15-8-4-10-26-15)21-13-16-9-5-11-27-16/h1-11,20-21H,12-13H2,(H,22,28). The van der Waals surface area contributed by atoms with Gasteiger partial charge in [-0.05, 0) is 36.4 Å². The summed E-state index contributed by atoms with van der Waals surface area (Å²) < 4.78 is 10.6. The van der Waals surface area contributed by atoms with Crippen molar-refractivity contribution < 1.29 is 13.8 Å². The van der Waals surface area contributed by atoms with Crippen LogP contribution in [0.4, 0.5) is 5.69 Å². The average molecular weight is 398 g/mol. The third-order valence-corrected chi connectivity index (χ3v) is 4.00. The van der Waals surface area contributed by atoms with Crippen LogP contribution in [0.15, 0.2) is 87.5 Å². The Hall–Kier alpha value is -3.59. The molecule has 0 spiro atoms. The Balaban J connectivity index is 1.84. The minimum Gasteiger partial charge on any atom is -0.467 e. The topological polar surface area (TPSA) is 106 Å². The van der Waals surface area contributed by atoms with E-state index in [9.17, 15) is 10.1 Å². The Morgan fingerprint density at radius 2 is 1.50 bits per heavy atom. The van der Waals surface area contributed by atoms with Crippen molar-refractivity contribution >= 4 is 22.9 Å². The second-order valence-electron chi connectivity index (χ2n) is 5.67. The van der Waals surface area contributed by atoms with E-state index in [0.717, 1.165) is 0 Å². The van der Waals surface area contributed by atoms with E-state index in [-0.39, 0.29) is 29.6 Å². The monoisotopic (exact) mass is 398 g/mol. The van der Waals surface area contributed by atoms with Crippen LogP contribution in [0.5, 0.6) is 0 Å². The number of anilines is 1. The molecule has 0 unspecified atom stereocenters. The van der Waals surface area contributed by atoms with Gasteiger partial charge in [-0.25, -0.2) is 0 Å². The lowest BCUT2D eigenvalue weighted by Gasteiger charge is -2.14. The molecule has 0 bridgehead atoms. The lowest BCUT2D eigenvalue weighted by molar-refractivity contribution is -0.416. The SMILES string of the molecule is O=[N+]([O-])C(C(=S)Nc1ccccc1)=C(NCc1ccco1)NCc1ccco1. The summed E-state index contributed by atoms with van der Waals surface area (Å²) in [5, 5.41) is 20.7. The van der Waals surface area contributed by atoms with Crippen LogP contribution in [0.3, 0.4) is 0 Å². The first-order chi connectivity index (χ1) is 13.6. The van der Waals surface area contributed by atoms with Gasteiger partial charge < -0.3 is 24.8 Å². The lowest BCUT2D eigenvalue weighted by Crippen LogP contribution is -2.33. The fourth-order valence-electron chi connectivity index (χ4n) is 2.41. The van der Waals surface area contributed by atoms with E-state index in [1.165, 1.54) is 12.5 Å². The summed E-state index contributed by atoms with van der Waals surface area (Å²) >= 11 is 5.30. The zero-order valence-electron chi connectivity index (χ0n) is 14.8. The second-order valence-corrected chi connectivity index (χ2v) is 6.07. The quantitative estimate of drug-likeness (QED) is 0.217. The Bertz CT molecular complexity index is 898. The van der Waals surface area contributed by atoms with Gasteiger partial charge in [-0.1, -0.05) is 30.4 Å². The van der Waals surface area contributed by atoms with E-state index in [2.05, 4.69) is 16.0 Å². The number of nitrogens with one attached hydrogen (secondary N) is 3. The van der Waals surface area contributed by atoms with Crippen LogP contribution in [0.1, 0.15) is 11.5 Å². The molecule has 3 rings (SSSR count). The van der Waals surface area contributed by atoms with E-state index >= 15 is 0 Å². The molecule has 0 saturated heterocycles. The molecule has 1 aromatic carbocycles. The van der Waals surface area contributed by atoms with Gasteiger partial charge in [0.25, 0.3) is 0 Å². The first-order valence-corrected chi connectivity index (χ1v) is 8.82. The highest BCUT2D eigenvalue weighted by atomic mass is 32.1. The molecule has 0 aliphatic rings. The molecule has 0 aliphatic carbocycles. The van der Waals surface area contributed by atoms with Crippen LogP contribution in [0.25, 0.3) is 0 Å². The molecular weight excluding hydrogens is 380 g/mol. The molecule has 0 atom stereocenters. The average Bonchev–Trinajstić information content (AvgIpc) is 3.38. The molecule has 0 fully saturated rings. The predicted octanol–water partition coefficient (Wildman–Crippen LogP) is 3.64. The van der Waals surface area contributed by atoms with Gasteiger partial charge in [0, 0.05) is 5.69 Å². The van der Waals surface area contributed by atoms with E-state index in [0.29, 0.717) is 17.2 Å². The number of thiocarbonyl (C=S) groups is 1. The first-order valence-electron chi connectivity index (χ1n) is 8.41. The highest BCUT2D eigenvalue weighted by Gasteiger charge is 2.25. The minimum absolute atomic E-state index is 0.0231. The highest BCUT2D eigenvalue weighted by molar-refractivity contribution is 7.81. The molecule has 0 amide bonds. The number of nitro groups is 1. The third-order valence-electron chi connectivity index (χ3n) is 3.71. The summed E-state index contributed by atoms with van der Waals surface area (Å²) in [6.45, 7) is 0.498. The van der Waals surface area contributed by atoms with Crippen molar-refractivity contribution in [2.24, 2.45) is 0 Å². The van der Waals surface area contributed by atoms with Gasteiger partial charge in [0.2, 0.25) is 0 Å². The zero-order valence-corrected chi connectivity index (χ0v) is 15.6. The second kappa shape index (κ2) is 9.38. The Labute approximate surface area is 166 Å². The molecule has 9 heteroatoms. The molecule has 3 aromatic rings. The van der Waals surface area contributed by atoms with Gasteiger partial charge in [0.15, 0.2) is 10.8 Å². The summed E-state index contributed by atoms with van der Waals surface area (Å²) in [5.41, 5.74) is 0.375. The van der Waals surface area contributed by atoms with Crippen molar-refractivity contribution in [3.8, 4) is 0 Å². The van der Waals surface area contributed by atoms with Gasteiger partial charge >= 0.3 is 5.70 Å². The first kappa shape index (κ1) is 19.2. The molecule has 2 aromatic heterocycles.